The van der Waals surface area contributed by atoms with Crippen LogP contribution in [0.15, 0.2) is 36.7 Å². The quantitative estimate of drug-likeness (QED) is 0.906. The van der Waals surface area contributed by atoms with Crippen molar-refractivity contribution >= 4 is 17.4 Å². The van der Waals surface area contributed by atoms with E-state index in [-0.39, 0.29) is 11.6 Å². The lowest BCUT2D eigenvalue weighted by Crippen LogP contribution is -2.47. The lowest BCUT2D eigenvalue weighted by molar-refractivity contribution is -0.137. The van der Waals surface area contributed by atoms with Gasteiger partial charge in [-0.2, -0.15) is 13.2 Å². The smallest absolute Gasteiger partial charge is 0.339 e. The fourth-order valence-electron chi connectivity index (χ4n) is 2.56. The van der Waals surface area contributed by atoms with Gasteiger partial charge in [-0.1, -0.05) is 0 Å². The van der Waals surface area contributed by atoms with E-state index in [1.54, 1.807) is 4.90 Å². The number of nitrogens with zero attached hydrogens (tertiary/aromatic N) is 4. The van der Waals surface area contributed by atoms with Gasteiger partial charge in [-0.25, -0.2) is 9.97 Å². The number of alkyl halides is 3. The average molecular weight is 365 g/mol. The minimum Gasteiger partial charge on any atom is -0.339 e. The molecule has 26 heavy (non-hydrogen) atoms. The number of nitrogens with one attached hydrogen (secondary N) is 1. The summed E-state index contributed by atoms with van der Waals surface area (Å²) in [6.45, 7) is 2.91. The van der Waals surface area contributed by atoms with E-state index in [1.807, 2.05) is 7.05 Å². The Balaban J connectivity index is 1.63. The number of hydrogen-bond acceptors (Lipinski definition) is 5. The molecule has 138 valence electrons. The SMILES string of the molecule is CN1CCN(C(=O)c2cnc(Nc3ccc(C(F)(F)F)cc3)cn2)CC1. The zero-order chi connectivity index (χ0) is 18.7. The van der Waals surface area contributed by atoms with Gasteiger partial charge < -0.3 is 15.1 Å². The predicted molar refractivity (Wildman–Crippen MR) is 90.2 cm³/mol. The maximum absolute atomic E-state index is 12.6. The average Bonchev–Trinajstić information content (AvgIpc) is 2.62. The number of amides is 1. The number of carbonyl (C=O) groups excluding carboxylic acids is 1. The number of hydrogen-bond donors (Lipinski definition) is 1. The van der Waals surface area contributed by atoms with Crippen LogP contribution in [0.2, 0.25) is 0 Å². The van der Waals surface area contributed by atoms with Gasteiger partial charge in [-0.15, -0.1) is 0 Å². The molecular formula is C17H18F3N5O. The van der Waals surface area contributed by atoms with Gasteiger partial charge >= 0.3 is 6.18 Å². The van der Waals surface area contributed by atoms with E-state index in [1.165, 1.54) is 24.5 Å². The summed E-state index contributed by atoms with van der Waals surface area (Å²) in [6.07, 6.45) is -1.61. The summed E-state index contributed by atoms with van der Waals surface area (Å²) in [5.41, 5.74) is -0.0276. The van der Waals surface area contributed by atoms with Crippen LogP contribution in [-0.4, -0.2) is 58.9 Å². The van der Waals surface area contributed by atoms with E-state index in [0.717, 1.165) is 25.2 Å². The van der Waals surface area contributed by atoms with Crippen LogP contribution >= 0.6 is 0 Å². The van der Waals surface area contributed by atoms with E-state index in [9.17, 15) is 18.0 Å². The van der Waals surface area contributed by atoms with Gasteiger partial charge in [-0.05, 0) is 31.3 Å². The number of benzene rings is 1. The highest BCUT2D eigenvalue weighted by atomic mass is 19.4. The standard InChI is InChI=1S/C17H18F3N5O/c1-24-6-8-25(9-7-24)16(26)14-10-22-15(11-21-14)23-13-4-2-12(3-5-13)17(18,19)20/h2-5,10-11H,6-9H2,1H3,(H,22,23). The zero-order valence-corrected chi connectivity index (χ0v) is 14.1. The van der Waals surface area contributed by atoms with Gasteiger partial charge in [0, 0.05) is 31.9 Å². The van der Waals surface area contributed by atoms with Crippen LogP contribution in [0.5, 0.6) is 0 Å². The summed E-state index contributed by atoms with van der Waals surface area (Å²) < 4.78 is 37.7. The molecule has 0 unspecified atom stereocenters. The number of rotatable bonds is 3. The van der Waals surface area contributed by atoms with Crippen molar-refractivity contribution in [2.75, 3.05) is 38.5 Å². The topological polar surface area (TPSA) is 61.4 Å². The van der Waals surface area contributed by atoms with Crippen LogP contribution in [0.1, 0.15) is 16.1 Å². The Kier molecular flexibility index (Phi) is 5.08. The molecule has 0 bridgehead atoms. The molecule has 1 amide bonds. The second kappa shape index (κ2) is 7.28. The summed E-state index contributed by atoms with van der Waals surface area (Å²) >= 11 is 0. The molecule has 2 heterocycles. The van der Waals surface area contributed by atoms with Crippen LogP contribution in [0.4, 0.5) is 24.7 Å². The van der Waals surface area contributed by atoms with Crippen LogP contribution in [0, 0.1) is 0 Å². The number of likely N-dealkylation sites (N-methyl/N-ethyl adjacent to an activating group) is 1. The van der Waals surface area contributed by atoms with Crippen molar-refractivity contribution in [2.24, 2.45) is 0 Å². The molecule has 3 rings (SSSR count). The fourth-order valence-corrected chi connectivity index (χ4v) is 2.56. The van der Waals surface area contributed by atoms with E-state index >= 15 is 0 Å². The van der Waals surface area contributed by atoms with Gasteiger partial charge in [0.15, 0.2) is 0 Å². The molecule has 1 N–H and O–H groups in total. The first-order valence-electron chi connectivity index (χ1n) is 8.07. The monoisotopic (exact) mass is 365 g/mol. The van der Waals surface area contributed by atoms with E-state index in [0.29, 0.717) is 24.6 Å². The Morgan fingerprint density at radius 2 is 1.69 bits per heavy atom. The summed E-state index contributed by atoms with van der Waals surface area (Å²) in [7, 11) is 2.00. The van der Waals surface area contributed by atoms with Crippen molar-refractivity contribution in [3.63, 3.8) is 0 Å². The molecule has 6 nitrogen and oxygen atoms in total. The van der Waals surface area contributed by atoms with Crippen LogP contribution in [-0.2, 0) is 6.18 Å². The maximum Gasteiger partial charge on any atom is 0.416 e. The van der Waals surface area contributed by atoms with Crippen LogP contribution in [0.3, 0.4) is 0 Å². The largest absolute Gasteiger partial charge is 0.416 e. The van der Waals surface area contributed by atoms with Crippen LogP contribution < -0.4 is 5.32 Å². The summed E-state index contributed by atoms with van der Waals surface area (Å²) in [4.78, 5) is 24.5. The van der Waals surface area contributed by atoms with Gasteiger partial charge in [0.1, 0.15) is 11.5 Å². The molecule has 1 aliphatic rings. The second-order valence-electron chi connectivity index (χ2n) is 6.08. The molecular weight excluding hydrogens is 347 g/mol. The zero-order valence-electron chi connectivity index (χ0n) is 14.1. The lowest BCUT2D eigenvalue weighted by atomic mass is 10.2. The number of halogens is 3. The van der Waals surface area contributed by atoms with E-state index in [2.05, 4.69) is 20.2 Å². The minimum atomic E-state index is -4.37. The Hall–Kier alpha value is -2.68. The van der Waals surface area contributed by atoms with Gasteiger partial charge in [0.2, 0.25) is 0 Å². The van der Waals surface area contributed by atoms with Gasteiger partial charge in [-0.3, -0.25) is 4.79 Å². The Bertz CT molecular complexity index is 753. The Morgan fingerprint density at radius 3 is 2.23 bits per heavy atom. The molecule has 1 aliphatic heterocycles. The molecule has 0 saturated carbocycles. The minimum absolute atomic E-state index is 0.174. The highest BCUT2D eigenvalue weighted by Gasteiger charge is 2.30. The Labute approximate surface area is 148 Å². The molecule has 1 saturated heterocycles. The fraction of sp³-hybridized carbons (Fsp3) is 0.353. The van der Waals surface area contributed by atoms with Crippen molar-refractivity contribution in [1.82, 2.24) is 19.8 Å². The number of anilines is 2. The molecule has 0 atom stereocenters. The first kappa shape index (κ1) is 18.1. The van der Waals surface area contributed by atoms with Crippen molar-refractivity contribution in [3.8, 4) is 0 Å². The van der Waals surface area contributed by atoms with Crippen molar-refractivity contribution in [1.29, 1.82) is 0 Å². The van der Waals surface area contributed by atoms with Crippen LogP contribution in [0.25, 0.3) is 0 Å². The highest BCUT2D eigenvalue weighted by Crippen LogP contribution is 2.30. The maximum atomic E-state index is 12.6. The lowest BCUT2D eigenvalue weighted by Gasteiger charge is -2.32. The third-order valence-electron chi connectivity index (χ3n) is 4.15. The molecule has 9 heteroatoms. The van der Waals surface area contributed by atoms with Crippen molar-refractivity contribution < 1.29 is 18.0 Å². The normalized spacial score (nSPS) is 15.8. The number of carbonyl (C=O) groups is 1. The number of aromatic nitrogens is 2. The number of piperazine rings is 1. The molecule has 1 aromatic heterocycles. The molecule has 0 spiro atoms. The van der Waals surface area contributed by atoms with E-state index in [4.69, 9.17) is 0 Å². The first-order chi connectivity index (χ1) is 12.3. The second-order valence-corrected chi connectivity index (χ2v) is 6.08. The molecule has 0 radical (unpaired) electrons. The third-order valence-corrected chi connectivity index (χ3v) is 4.15. The predicted octanol–water partition coefficient (Wildman–Crippen LogP) is 2.63. The highest BCUT2D eigenvalue weighted by molar-refractivity contribution is 5.92. The van der Waals surface area contributed by atoms with Gasteiger partial charge in [0.05, 0.1) is 18.0 Å². The summed E-state index contributed by atoms with van der Waals surface area (Å²) in [5, 5.41) is 2.86. The molecule has 1 aromatic carbocycles. The molecule has 2 aromatic rings. The Morgan fingerprint density at radius 1 is 1.04 bits per heavy atom. The molecule has 1 fully saturated rings. The summed E-state index contributed by atoms with van der Waals surface area (Å²) in [5.74, 6) is 0.173. The van der Waals surface area contributed by atoms with E-state index < -0.39 is 11.7 Å². The summed E-state index contributed by atoms with van der Waals surface area (Å²) in [6, 6.07) is 4.60. The van der Waals surface area contributed by atoms with Crippen molar-refractivity contribution in [2.45, 2.75) is 6.18 Å². The third kappa shape index (κ3) is 4.29. The first-order valence-corrected chi connectivity index (χ1v) is 8.07. The molecule has 0 aliphatic carbocycles. The van der Waals surface area contributed by atoms with Crippen molar-refractivity contribution in [3.05, 3.63) is 47.9 Å². The van der Waals surface area contributed by atoms with Gasteiger partial charge in [0.25, 0.3) is 5.91 Å².